The zero-order valence-corrected chi connectivity index (χ0v) is 15.5. The third-order valence-electron chi connectivity index (χ3n) is 4.17. The molecule has 27 heavy (non-hydrogen) atoms. The Kier molecular flexibility index (Phi) is 4.41. The van der Waals surface area contributed by atoms with Crippen LogP contribution in [-0.2, 0) is 11.8 Å². The maximum Gasteiger partial charge on any atom is 0.257 e. The van der Waals surface area contributed by atoms with Crippen molar-refractivity contribution < 1.29 is 14.6 Å². The first-order chi connectivity index (χ1) is 13.1. The van der Waals surface area contributed by atoms with Gasteiger partial charge < -0.3 is 14.4 Å². The van der Waals surface area contributed by atoms with Crippen molar-refractivity contribution in [3.05, 3.63) is 47.9 Å². The number of rotatable bonds is 4. The Morgan fingerprint density at radius 3 is 2.93 bits per heavy atom. The standard InChI is InChI=1S/C19H16N4O3S/c1-23-17(21-13-4-3-7-20-18(13)23)12(19-22-16(25)10-27-19)8-11-5-6-14(24)15(9-11)26-2/h3-9,24H,10H2,1-2H3/b12-8+. The fourth-order valence-corrected chi connectivity index (χ4v) is 3.68. The quantitative estimate of drug-likeness (QED) is 0.749. The van der Waals surface area contributed by atoms with Crippen molar-refractivity contribution in [3.8, 4) is 11.5 Å². The van der Waals surface area contributed by atoms with E-state index in [1.165, 1.54) is 18.9 Å². The summed E-state index contributed by atoms with van der Waals surface area (Å²) in [6.07, 6.45) is 3.60. The number of phenolic OH excluding ortho intramolecular Hbond substituents is 1. The van der Waals surface area contributed by atoms with Crippen molar-refractivity contribution in [1.29, 1.82) is 0 Å². The molecule has 2 aromatic heterocycles. The molecule has 3 heterocycles. The van der Waals surface area contributed by atoms with Gasteiger partial charge in [0.15, 0.2) is 17.1 Å². The van der Waals surface area contributed by atoms with Gasteiger partial charge in [0.25, 0.3) is 5.91 Å². The molecule has 0 spiro atoms. The summed E-state index contributed by atoms with van der Waals surface area (Å²) in [5.41, 5.74) is 3.03. The summed E-state index contributed by atoms with van der Waals surface area (Å²) in [4.78, 5) is 24.9. The topological polar surface area (TPSA) is 89.6 Å². The minimum Gasteiger partial charge on any atom is -0.504 e. The van der Waals surface area contributed by atoms with Gasteiger partial charge in [0.1, 0.15) is 16.4 Å². The Balaban J connectivity index is 1.91. The summed E-state index contributed by atoms with van der Waals surface area (Å²) in [5.74, 6) is 1.24. The summed E-state index contributed by atoms with van der Waals surface area (Å²) in [7, 11) is 3.38. The van der Waals surface area contributed by atoms with Gasteiger partial charge in [-0.05, 0) is 35.9 Å². The first-order valence-electron chi connectivity index (χ1n) is 8.18. The van der Waals surface area contributed by atoms with Gasteiger partial charge in [-0.15, -0.1) is 0 Å². The van der Waals surface area contributed by atoms with Crippen LogP contribution in [-0.4, -0.2) is 43.5 Å². The lowest BCUT2D eigenvalue weighted by Gasteiger charge is -2.09. The van der Waals surface area contributed by atoms with Gasteiger partial charge in [-0.1, -0.05) is 17.8 Å². The van der Waals surface area contributed by atoms with Crippen LogP contribution in [0.3, 0.4) is 0 Å². The molecular weight excluding hydrogens is 364 g/mol. The van der Waals surface area contributed by atoms with E-state index in [1.807, 2.05) is 29.8 Å². The molecule has 1 aromatic carbocycles. The van der Waals surface area contributed by atoms with Crippen molar-refractivity contribution >= 4 is 45.5 Å². The van der Waals surface area contributed by atoms with Crippen LogP contribution in [0.4, 0.5) is 0 Å². The highest BCUT2D eigenvalue weighted by Crippen LogP contribution is 2.32. The van der Waals surface area contributed by atoms with E-state index in [1.54, 1.807) is 24.4 Å². The number of imidazole rings is 1. The lowest BCUT2D eigenvalue weighted by molar-refractivity contribution is -0.115. The van der Waals surface area contributed by atoms with Crippen molar-refractivity contribution in [2.45, 2.75) is 0 Å². The third kappa shape index (κ3) is 3.19. The lowest BCUT2D eigenvalue weighted by Crippen LogP contribution is -2.03. The molecule has 0 saturated carbocycles. The number of pyridine rings is 1. The second-order valence-corrected chi connectivity index (χ2v) is 6.89. The minimum atomic E-state index is -0.166. The largest absolute Gasteiger partial charge is 0.504 e. The maximum absolute atomic E-state index is 11.7. The Labute approximate surface area is 159 Å². The van der Waals surface area contributed by atoms with E-state index in [0.29, 0.717) is 22.4 Å². The van der Waals surface area contributed by atoms with Gasteiger partial charge in [-0.3, -0.25) is 4.79 Å². The number of nitrogens with zero attached hydrogens (tertiary/aromatic N) is 4. The van der Waals surface area contributed by atoms with Crippen molar-refractivity contribution in [2.75, 3.05) is 12.9 Å². The van der Waals surface area contributed by atoms with Gasteiger partial charge in [0.2, 0.25) is 0 Å². The van der Waals surface area contributed by atoms with Crippen LogP contribution in [0.25, 0.3) is 22.8 Å². The number of ether oxygens (including phenoxy) is 1. The molecule has 0 aliphatic carbocycles. The molecule has 1 N–H and O–H groups in total. The van der Waals surface area contributed by atoms with E-state index in [9.17, 15) is 9.90 Å². The average molecular weight is 380 g/mol. The maximum atomic E-state index is 11.7. The molecule has 0 saturated heterocycles. The number of hydrogen-bond acceptors (Lipinski definition) is 6. The first kappa shape index (κ1) is 17.3. The molecule has 0 radical (unpaired) electrons. The molecule has 1 amide bonds. The fourth-order valence-electron chi connectivity index (χ4n) is 2.88. The van der Waals surface area contributed by atoms with E-state index >= 15 is 0 Å². The Morgan fingerprint density at radius 1 is 1.37 bits per heavy atom. The van der Waals surface area contributed by atoms with Crippen LogP contribution in [0.15, 0.2) is 41.5 Å². The van der Waals surface area contributed by atoms with Crippen molar-refractivity contribution in [2.24, 2.45) is 12.0 Å². The van der Waals surface area contributed by atoms with Crippen LogP contribution < -0.4 is 4.74 Å². The number of aromatic nitrogens is 3. The summed E-state index contributed by atoms with van der Waals surface area (Å²) < 4.78 is 7.07. The van der Waals surface area contributed by atoms with Gasteiger partial charge in [0.05, 0.1) is 18.4 Å². The molecule has 0 fully saturated rings. The van der Waals surface area contributed by atoms with Gasteiger partial charge in [-0.2, -0.15) is 0 Å². The molecular formula is C19H16N4O3S. The predicted octanol–water partition coefficient (Wildman–Crippen LogP) is 2.90. The van der Waals surface area contributed by atoms with Gasteiger partial charge >= 0.3 is 0 Å². The molecule has 1 aliphatic heterocycles. The zero-order valence-electron chi connectivity index (χ0n) is 14.7. The van der Waals surface area contributed by atoms with Gasteiger partial charge in [-0.25, -0.2) is 15.0 Å². The zero-order chi connectivity index (χ0) is 19.0. The highest BCUT2D eigenvalue weighted by Gasteiger charge is 2.24. The molecule has 7 nitrogen and oxygen atoms in total. The molecule has 0 bridgehead atoms. The van der Waals surface area contributed by atoms with Crippen molar-refractivity contribution in [1.82, 2.24) is 14.5 Å². The Bertz CT molecular complexity index is 1120. The molecule has 3 aromatic rings. The number of benzene rings is 1. The molecule has 136 valence electrons. The number of carbonyl (C=O) groups is 1. The molecule has 1 aliphatic rings. The first-order valence-corrected chi connectivity index (χ1v) is 9.16. The van der Waals surface area contributed by atoms with E-state index in [-0.39, 0.29) is 11.7 Å². The monoisotopic (exact) mass is 380 g/mol. The number of methoxy groups -OCH3 is 1. The van der Waals surface area contributed by atoms with E-state index in [4.69, 9.17) is 4.74 Å². The number of phenols is 1. The molecule has 8 heteroatoms. The van der Waals surface area contributed by atoms with Gasteiger partial charge in [0, 0.05) is 13.2 Å². The lowest BCUT2D eigenvalue weighted by atomic mass is 10.1. The highest BCUT2D eigenvalue weighted by molar-refractivity contribution is 8.16. The normalized spacial score (nSPS) is 14.7. The van der Waals surface area contributed by atoms with Crippen LogP contribution >= 0.6 is 11.8 Å². The summed E-state index contributed by atoms with van der Waals surface area (Å²) in [5, 5.41) is 10.4. The number of aryl methyl sites for hydroxylation is 1. The van der Waals surface area contributed by atoms with Crippen molar-refractivity contribution in [3.63, 3.8) is 0 Å². The minimum absolute atomic E-state index is 0.0610. The SMILES string of the molecule is COc1cc(/C=C(/C2=NC(=O)CS2)c2nc3cccnc3n2C)ccc1O. The summed E-state index contributed by atoms with van der Waals surface area (Å²) >= 11 is 1.38. The average Bonchev–Trinajstić information content (AvgIpc) is 3.25. The smallest absolute Gasteiger partial charge is 0.257 e. The third-order valence-corrected chi connectivity index (χ3v) is 5.15. The Hall–Kier alpha value is -3.13. The predicted molar refractivity (Wildman–Crippen MR) is 106 cm³/mol. The number of fused-ring (bicyclic) bond motifs is 1. The van der Waals surface area contributed by atoms with Crippen LogP contribution in [0.2, 0.25) is 0 Å². The highest BCUT2D eigenvalue weighted by atomic mass is 32.2. The fraction of sp³-hybridized carbons (Fsp3) is 0.158. The summed E-state index contributed by atoms with van der Waals surface area (Å²) in [6, 6.07) is 8.77. The number of hydrogen-bond donors (Lipinski definition) is 1. The number of amides is 1. The molecule has 0 unspecified atom stereocenters. The van der Waals surface area contributed by atoms with E-state index < -0.39 is 0 Å². The number of aliphatic imine (C=N–C) groups is 1. The Morgan fingerprint density at radius 2 is 2.22 bits per heavy atom. The number of thioether (sulfide) groups is 1. The molecule has 4 rings (SSSR count). The van der Waals surface area contributed by atoms with Crippen LogP contribution in [0.5, 0.6) is 11.5 Å². The molecule has 0 atom stereocenters. The second-order valence-electron chi connectivity index (χ2n) is 5.93. The van der Waals surface area contributed by atoms with E-state index in [2.05, 4.69) is 15.0 Å². The van der Waals surface area contributed by atoms with E-state index in [0.717, 1.165) is 22.3 Å². The number of aromatic hydroxyl groups is 1. The van der Waals surface area contributed by atoms with Crippen LogP contribution in [0.1, 0.15) is 11.4 Å². The summed E-state index contributed by atoms with van der Waals surface area (Å²) in [6.45, 7) is 0. The number of carbonyl (C=O) groups excluding carboxylic acids is 1. The second kappa shape index (κ2) is 6.88. The van der Waals surface area contributed by atoms with Crippen LogP contribution in [0, 0.1) is 0 Å².